The first-order valence-corrected chi connectivity index (χ1v) is 7.72. The zero-order chi connectivity index (χ0) is 15.7. The van der Waals surface area contributed by atoms with E-state index in [0.29, 0.717) is 12.0 Å². The summed E-state index contributed by atoms with van der Waals surface area (Å²) in [5.74, 6) is -0.620. The molecular weight excluding hydrogens is 283 g/mol. The van der Waals surface area contributed by atoms with Gasteiger partial charge in [-0.3, -0.25) is 0 Å². The molecule has 20 heavy (non-hydrogen) atoms. The summed E-state index contributed by atoms with van der Waals surface area (Å²) in [5, 5.41) is 9.24. The van der Waals surface area contributed by atoms with Crippen LogP contribution < -0.4 is 5.73 Å². The quantitative estimate of drug-likeness (QED) is 0.806. The molecule has 0 radical (unpaired) electrons. The molecule has 1 unspecified atom stereocenters. The third-order valence-electron chi connectivity index (χ3n) is 3.23. The number of halogens is 1. The van der Waals surface area contributed by atoms with Gasteiger partial charge in [0.1, 0.15) is 5.82 Å². The van der Waals surface area contributed by atoms with Crippen molar-refractivity contribution in [3.05, 3.63) is 23.0 Å². The van der Waals surface area contributed by atoms with Crippen LogP contribution >= 0.6 is 0 Å². The summed E-state index contributed by atoms with van der Waals surface area (Å²) >= 11 is 0. The summed E-state index contributed by atoms with van der Waals surface area (Å²) in [6, 6.07) is 1.12. The number of benzene rings is 1. The van der Waals surface area contributed by atoms with Crippen molar-refractivity contribution in [1.29, 1.82) is 0 Å². The first-order valence-electron chi connectivity index (χ1n) is 6.28. The standard InChI is InChI=1S/C13H21FN2O3S/c1-8-7-11(14)12(15)10(3)13(8)20(18,19)16(4)6-5-9(2)17/h7,9,17H,5-6,15H2,1-4H3. The van der Waals surface area contributed by atoms with Crippen LogP contribution in [0.5, 0.6) is 0 Å². The molecule has 5 nitrogen and oxygen atoms in total. The molecule has 0 saturated carbocycles. The second-order valence-electron chi connectivity index (χ2n) is 5.01. The van der Waals surface area contributed by atoms with E-state index in [9.17, 15) is 17.9 Å². The minimum atomic E-state index is -3.76. The molecule has 0 aliphatic heterocycles. The van der Waals surface area contributed by atoms with Crippen LogP contribution in [0.1, 0.15) is 24.5 Å². The smallest absolute Gasteiger partial charge is 0.243 e. The molecule has 1 aromatic carbocycles. The molecule has 0 saturated heterocycles. The van der Waals surface area contributed by atoms with Crippen molar-refractivity contribution in [2.24, 2.45) is 0 Å². The lowest BCUT2D eigenvalue weighted by molar-refractivity contribution is 0.177. The summed E-state index contributed by atoms with van der Waals surface area (Å²) in [6.07, 6.45) is -0.266. The minimum Gasteiger partial charge on any atom is -0.396 e. The highest BCUT2D eigenvalue weighted by Crippen LogP contribution is 2.29. The van der Waals surface area contributed by atoms with E-state index in [2.05, 4.69) is 0 Å². The van der Waals surface area contributed by atoms with Gasteiger partial charge in [-0.05, 0) is 44.4 Å². The number of aliphatic hydroxyl groups excluding tert-OH is 1. The van der Waals surface area contributed by atoms with E-state index >= 15 is 0 Å². The van der Waals surface area contributed by atoms with Gasteiger partial charge >= 0.3 is 0 Å². The van der Waals surface area contributed by atoms with Gasteiger partial charge in [-0.15, -0.1) is 0 Å². The maximum atomic E-state index is 13.5. The maximum absolute atomic E-state index is 13.5. The SMILES string of the molecule is Cc1cc(F)c(N)c(C)c1S(=O)(=O)N(C)CCC(C)O. The third-order valence-corrected chi connectivity index (χ3v) is 5.38. The molecule has 114 valence electrons. The summed E-state index contributed by atoms with van der Waals surface area (Å²) in [4.78, 5) is 0.0319. The molecule has 1 aromatic rings. The van der Waals surface area contributed by atoms with Crippen LogP contribution in [0.25, 0.3) is 0 Å². The van der Waals surface area contributed by atoms with Gasteiger partial charge in [0, 0.05) is 13.6 Å². The number of nitrogen functional groups attached to an aromatic ring is 1. The first-order chi connectivity index (χ1) is 9.09. The fraction of sp³-hybridized carbons (Fsp3) is 0.538. The molecule has 0 heterocycles. The van der Waals surface area contributed by atoms with Crippen LogP contribution in [0.4, 0.5) is 10.1 Å². The number of aliphatic hydroxyl groups is 1. The van der Waals surface area contributed by atoms with Gasteiger partial charge in [-0.2, -0.15) is 0 Å². The number of anilines is 1. The molecule has 0 aliphatic carbocycles. The van der Waals surface area contributed by atoms with Crippen LogP contribution in [0.2, 0.25) is 0 Å². The second-order valence-corrected chi connectivity index (χ2v) is 6.99. The molecule has 0 fully saturated rings. The van der Waals surface area contributed by atoms with Crippen LogP contribution in [-0.2, 0) is 10.0 Å². The van der Waals surface area contributed by atoms with E-state index in [0.717, 1.165) is 10.4 Å². The largest absolute Gasteiger partial charge is 0.396 e. The minimum absolute atomic E-state index is 0.0319. The number of hydrogen-bond acceptors (Lipinski definition) is 4. The average Bonchev–Trinajstić information content (AvgIpc) is 2.32. The van der Waals surface area contributed by atoms with Crippen molar-refractivity contribution in [1.82, 2.24) is 4.31 Å². The Bertz CT molecular complexity index is 600. The van der Waals surface area contributed by atoms with Crippen molar-refractivity contribution in [2.45, 2.75) is 38.2 Å². The normalized spacial score (nSPS) is 13.8. The Morgan fingerprint density at radius 1 is 1.45 bits per heavy atom. The lowest BCUT2D eigenvalue weighted by Gasteiger charge is -2.21. The third kappa shape index (κ3) is 3.28. The molecule has 1 rings (SSSR count). The average molecular weight is 304 g/mol. The zero-order valence-corrected chi connectivity index (χ0v) is 13.0. The second kappa shape index (κ2) is 6.07. The summed E-state index contributed by atoms with van der Waals surface area (Å²) in [5.41, 5.74) is 5.95. The Balaban J connectivity index is 3.26. The molecule has 7 heteroatoms. The Kier molecular flexibility index (Phi) is 5.12. The van der Waals surface area contributed by atoms with E-state index in [-0.39, 0.29) is 22.7 Å². The highest BCUT2D eigenvalue weighted by atomic mass is 32.2. The summed E-state index contributed by atoms with van der Waals surface area (Å²) < 4.78 is 39.7. The molecule has 0 amide bonds. The van der Waals surface area contributed by atoms with Gasteiger partial charge in [0.25, 0.3) is 0 Å². The topological polar surface area (TPSA) is 83.6 Å². The predicted molar refractivity (Wildman–Crippen MR) is 76.4 cm³/mol. The molecule has 0 spiro atoms. The fourth-order valence-electron chi connectivity index (χ4n) is 1.97. The zero-order valence-electron chi connectivity index (χ0n) is 12.1. The van der Waals surface area contributed by atoms with Gasteiger partial charge in [0.05, 0.1) is 16.7 Å². The summed E-state index contributed by atoms with van der Waals surface area (Å²) in [6.45, 7) is 4.79. The number of nitrogens with zero attached hydrogens (tertiary/aromatic N) is 1. The van der Waals surface area contributed by atoms with Crippen LogP contribution in [0, 0.1) is 19.7 Å². The molecule has 0 aliphatic rings. The number of hydrogen-bond donors (Lipinski definition) is 2. The lowest BCUT2D eigenvalue weighted by Crippen LogP contribution is -2.31. The maximum Gasteiger partial charge on any atom is 0.243 e. The number of sulfonamides is 1. The van der Waals surface area contributed by atoms with Gasteiger partial charge in [0.15, 0.2) is 0 Å². The molecule has 0 aromatic heterocycles. The van der Waals surface area contributed by atoms with Crippen LogP contribution in [-0.4, -0.2) is 37.5 Å². The highest BCUT2D eigenvalue weighted by Gasteiger charge is 2.27. The first kappa shape index (κ1) is 16.9. The molecule has 0 bridgehead atoms. The Morgan fingerprint density at radius 2 is 2.00 bits per heavy atom. The predicted octanol–water partition coefficient (Wildman–Crippen LogP) is 1.42. The highest BCUT2D eigenvalue weighted by molar-refractivity contribution is 7.89. The number of nitrogens with two attached hydrogens (primary N) is 1. The Hall–Kier alpha value is -1.18. The lowest BCUT2D eigenvalue weighted by atomic mass is 10.1. The summed E-state index contributed by atoms with van der Waals surface area (Å²) in [7, 11) is -2.33. The van der Waals surface area contributed by atoms with Crippen LogP contribution in [0.15, 0.2) is 11.0 Å². The van der Waals surface area contributed by atoms with E-state index in [1.165, 1.54) is 20.9 Å². The van der Waals surface area contributed by atoms with Gasteiger partial charge in [-0.25, -0.2) is 17.1 Å². The van der Waals surface area contributed by atoms with Gasteiger partial charge < -0.3 is 10.8 Å². The van der Waals surface area contributed by atoms with Crippen molar-refractivity contribution in [3.8, 4) is 0 Å². The molecular formula is C13H21FN2O3S. The van der Waals surface area contributed by atoms with E-state index in [4.69, 9.17) is 5.73 Å². The monoisotopic (exact) mass is 304 g/mol. The van der Waals surface area contributed by atoms with Crippen molar-refractivity contribution in [3.63, 3.8) is 0 Å². The Labute approximate surface area is 119 Å². The van der Waals surface area contributed by atoms with E-state index in [1.54, 1.807) is 6.92 Å². The van der Waals surface area contributed by atoms with Gasteiger partial charge in [-0.1, -0.05) is 0 Å². The number of aryl methyl sites for hydroxylation is 1. The molecule has 3 N–H and O–H groups in total. The fourth-order valence-corrected chi connectivity index (χ4v) is 3.59. The van der Waals surface area contributed by atoms with E-state index < -0.39 is 21.9 Å². The van der Waals surface area contributed by atoms with Crippen molar-refractivity contribution >= 4 is 15.7 Å². The van der Waals surface area contributed by atoms with Crippen LogP contribution in [0.3, 0.4) is 0 Å². The molecule has 1 atom stereocenters. The number of rotatable bonds is 5. The van der Waals surface area contributed by atoms with Crippen molar-refractivity contribution in [2.75, 3.05) is 19.3 Å². The van der Waals surface area contributed by atoms with E-state index in [1.807, 2.05) is 0 Å². The van der Waals surface area contributed by atoms with Crippen molar-refractivity contribution < 1.29 is 17.9 Å². The van der Waals surface area contributed by atoms with Gasteiger partial charge in [0.2, 0.25) is 10.0 Å². The Morgan fingerprint density at radius 3 is 2.50 bits per heavy atom.